The van der Waals surface area contributed by atoms with Gasteiger partial charge in [-0.1, -0.05) is 0 Å². The SMILES string of the molecule is COC[C@H](C)Nc1nc(C2CC2)nc(C(F)(F)F)n1. The molecular weight excluding hydrogens is 261 g/mol. The van der Waals surface area contributed by atoms with Crippen LogP contribution in [0.5, 0.6) is 0 Å². The lowest BCUT2D eigenvalue weighted by Gasteiger charge is -2.14. The Morgan fingerprint density at radius 2 is 2.00 bits per heavy atom. The molecule has 1 aromatic rings. The first kappa shape index (κ1) is 14.0. The molecule has 0 amide bonds. The van der Waals surface area contributed by atoms with Gasteiger partial charge >= 0.3 is 6.18 Å². The Bertz CT molecular complexity index is 448. The van der Waals surface area contributed by atoms with Gasteiger partial charge in [0.15, 0.2) is 0 Å². The average molecular weight is 276 g/mol. The van der Waals surface area contributed by atoms with Crippen LogP contribution in [0.2, 0.25) is 0 Å². The van der Waals surface area contributed by atoms with E-state index in [4.69, 9.17) is 4.74 Å². The van der Waals surface area contributed by atoms with Gasteiger partial charge in [-0.05, 0) is 19.8 Å². The highest BCUT2D eigenvalue weighted by molar-refractivity contribution is 5.28. The van der Waals surface area contributed by atoms with Crippen molar-refractivity contribution in [3.05, 3.63) is 11.6 Å². The Balaban J connectivity index is 2.24. The van der Waals surface area contributed by atoms with Crippen LogP contribution in [0.15, 0.2) is 0 Å². The zero-order valence-corrected chi connectivity index (χ0v) is 10.7. The predicted octanol–water partition coefficient (Wildman–Crippen LogP) is 2.21. The van der Waals surface area contributed by atoms with E-state index in [1.54, 1.807) is 6.92 Å². The van der Waals surface area contributed by atoms with E-state index in [0.717, 1.165) is 12.8 Å². The van der Waals surface area contributed by atoms with Crippen LogP contribution < -0.4 is 5.32 Å². The van der Waals surface area contributed by atoms with Crippen LogP contribution in [0.1, 0.15) is 37.3 Å². The minimum Gasteiger partial charge on any atom is -0.383 e. The van der Waals surface area contributed by atoms with Gasteiger partial charge in [-0.3, -0.25) is 0 Å². The highest BCUT2D eigenvalue weighted by Gasteiger charge is 2.38. The van der Waals surface area contributed by atoms with Crippen LogP contribution >= 0.6 is 0 Å². The van der Waals surface area contributed by atoms with Crippen molar-refractivity contribution in [2.45, 2.75) is 37.9 Å². The summed E-state index contributed by atoms with van der Waals surface area (Å²) in [6, 6.07) is -0.180. The number of ether oxygens (including phenoxy) is 1. The van der Waals surface area contributed by atoms with Gasteiger partial charge < -0.3 is 10.1 Å². The minimum absolute atomic E-state index is 0.0300. The predicted molar refractivity (Wildman–Crippen MR) is 61.8 cm³/mol. The highest BCUT2D eigenvalue weighted by Crippen LogP contribution is 2.39. The fraction of sp³-hybridized carbons (Fsp3) is 0.727. The van der Waals surface area contributed by atoms with Gasteiger partial charge in [0, 0.05) is 19.1 Å². The van der Waals surface area contributed by atoms with Crippen molar-refractivity contribution in [1.82, 2.24) is 15.0 Å². The molecule has 1 fully saturated rings. The number of rotatable bonds is 5. The lowest BCUT2D eigenvalue weighted by atomic mass is 10.3. The second kappa shape index (κ2) is 5.28. The summed E-state index contributed by atoms with van der Waals surface area (Å²) in [5.74, 6) is -0.942. The van der Waals surface area contributed by atoms with Crippen molar-refractivity contribution in [1.29, 1.82) is 0 Å². The molecule has 19 heavy (non-hydrogen) atoms. The van der Waals surface area contributed by atoms with Crippen LogP contribution in [0.3, 0.4) is 0 Å². The number of hydrogen-bond acceptors (Lipinski definition) is 5. The lowest BCUT2D eigenvalue weighted by molar-refractivity contribution is -0.145. The third kappa shape index (κ3) is 3.76. The number of anilines is 1. The molecule has 1 aliphatic carbocycles. The molecule has 0 bridgehead atoms. The Morgan fingerprint density at radius 3 is 2.53 bits per heavy atom. The first-order chi connectivity index (χ1) is 8.90. The van der Waals surface area contributed by atoms with Crippen molar-refractivity contribution >= 4 is 5.95 Å². The fourth-order valence-corrected chi connectivity index (χ4v) is 1.62. The number of nitrogens with one attached hydrogen (secondary N) is 1. The van der Waals surface area contributed by atoms with E-state index in [-0.39, 0.29) is 23.7 Å². The summed E-state index contributed by atoms with van der Waals surface area (Å²) in [6.45, 7) is 2.13. The van der Waals surface area contributed by atoms with Gasteiger partial charge in [-0.2, -0.15) is 23.1 Å². The molecule has 0 spiro atoms. The molecule has 1 N–H and O–H groups in total. The number of hydrogen-bond donors (Lipinski definition) is 1. The molecule has 0 saturated heterocycles. The van der Waals surface area contributed by atoms with Crippen LogP contribution in [-0.2, 0) is 10.9 Å². The standard InChI is InChI=1S/C11H15F3N4O/c1-6(5-19-2)15-10-17-8(7-3-4-7)16-9(18-10)11(12,13)14/h6-7H,3-5H2,1-2H3,(H,15,16,17,18)/t6-/m0/s1. The maximum Gasteiger partial charge on any atom is 0.451 e. The first-order valence-corrected chi connectivity index (χ1v) is 5.98. The fourth-order valence-electron chi connectivity index (χ4n) is 1.62. The van der Waals surface area contributed by atoms with Gasteiger partial charge in [-0.25, -0.2) is 4.98 Å². The molecule has 0 aliphatic heterocycles. The molecule has 8 heteroatoms. The molecular formula is C11H15F3N4O. The van der Waals surface area contributed by atoms with Crippen LogP contribution in [0, 0.1) is 0 Å². The monoisotopic (exact) mass is 276 g/mol. The lowest BCUT2D eigenvalue weighted by Crippen LogP contribution is -2.24. The van der Waals surface area contributed by atoms with Crippen molar-refractivity contribution in [2.75, 3.05) is 19.0 Å². The third-order valence-electron chi connectivity index (χ3n) is 2.64. The van der Waals surface area contributed by atoms with E-state index in [9.17, 15) is 13.2 Å². The van der Waals surface area contributed by atoms with Gasteiger partial charge in [0.05, 0.1) is 6.61 Å². The zero-order chi connectivity index (χ0) is 14.0. The Morgan fingerprint density at radius 1 is 1.32 bits per heavy atom. The third-order valence-corrected chi connectivity index (χ3v) is 2.64. The van der Waals surface area contributed by atoms with E-state index in [1.165, 1.54) is 7.11 Å². The van der Waals surface area contributed by atoms with Gasteiger partial charge in [0.25, 0.3) is 0 Å². The summed E-state index contributed by atoms with van der Waals surface area (Å²) in [5.41, 5.74) is 0. The summed E-state index contributed by atoms with van der Waals surface area (Å²) >= 11 is 0. The van der Waals surface area contributed by atoms with Crippen LogP contribution in [0.25, 0.3) is 0 Å². The van der Waals surface area contributed by atoms with Crippen LogP contribution in [-0.4, -0.2) is 34.7 Å². The van der Waals surface area contributed by atoms with E-state index in [2.05, 4.69) is 20.3 Å². The molecule has 1 saturated carbocycles. The highest BCUT2D eigenvalue weighted by atomic mass is 19.4. The Hall–Kier alpha value is -1.44. The summed E-state index contributed by atoms with van der Waals surface area (Å²) in [5, 5.41) is 2.79. The van der Waals surface area contributed by atoms with E-state index in [0.29, 0.717) is 6.61 Å². The molecule has 1 aliphatic rings. The van der Waals surface area contributed by atoms with Gasteiger partial charge in [0.2, 0.25) is 11.8 Å². The van der Waals surface area contributed by atoms with E-state index in [1.807, 2.05) is 0 Å². The maximum atomic E-state index is 12.7. The van der Waals surface area contributed by atoms with Gasteiger partial charge in [0.1, 0.15) is 5.82 Å². The number of methoxy groups -OCH3 is 1. The summed E-state index contributed by atoms with van der Waals surface area (Å²) in [6.07, 6.45) is -2.91. The Labute approximate surface area is 108 Å². The number of alkyl halides is 3. The number of halogens is 3. The smallest absolute Gasteiger partial charge is 0.383 e. The summed E-state index contributed by atoms with van der Waals surface area (Å²) < 4.78 is 43.0. The van der Waals surface area contributed by atoms with Crippen molar-refractivity contribution < 1.29 is 17.9 Å². The van der Waals surface area contributed by atoms with Crippen molar-refractivity contribution in [2.24, 2.45) is 0 Å². The van der Waals surface area contributed by atoms with E-state index < -0.39 is 12.0 Å². The molecule has 0 unspecified atom stereocenters. The molecule has 1 heterocycles. The molecule has 2 rings (SSSR count). The zero-order valence-electron chi connectivity index (χ0n) is 10.7. The summed E-state index contributed by atoms with van der Waals surface area (Å²) in [7, 11) is 1.52. The quantitative estimate of drug-likeness (QED) is 0.893. The number of aromatic nitrogens is 3. The summed E-state index contributed by atoms with van der Waals surface area (Å²) in [4.78, 5) is 11.0. The van der Waals surface area contributed by atoms with Crippen LogP contribution in [0.4, 0.5) is 19.1 Å². The second-order valence-corrected chi connectivity index (χ2v) is 4.61. The number of nitrogens with zero attached hydrogens (tertiary/aromatic N) is 3. The average Bonchev–Trinajstić information content (AvgIpc) is 3.11. The topological polar surface area (TPSA) is 59.9 Å². The van der Waals surface area contributed by atoms with Gasteiger partial charge in [-0.15, -0.1) is 0 Å². The maximum absolute atomic E-state index is 12.7. The van der Waals surface area contributed by atoms with E-state index >= 15 is 0 Å². The molecule has 1 atom stereocenters. The normalized spacial score (nSPS) is 17.3. The second-order valence-electron chi connectivity index (χ2n) is 4.61. The largest absolute Gasteiger partial charge is 0.451 e. The molecule has 0 aromatic carbocycles. The van der Waals surface area contributed by atoms with Crippen molar-refractivity contribution in [3.8, 4) is 0 Å². The molecule has 106 valence electrons. The molecule has 1 aromatic heterocycles. The minimum atomic E-state index is -4.56. The van der Waals surface area contributed by atoms with Crippen molar-refractivity contribution in [3.63, 3.8) is 0 Å². The Kier molecular flexibility index (Phi) is 3.88. The first-order valence-electron chi connectivity index (χ1n) is 5.98. The molecule has 0 radical (unpaired) electrons. The molecule has 5 nitrogen and oxygen atoms in total.